The summed E-state index contributed by atoms with van der Waals surface area (Å²) in [7, 11) is 0. The lowest BCUT2D eigenvalue weighted by molar-refractivity contribution is -0.135. The molecule has 1 atom stereocenters. The number of piperidine rings is 1. The van der Waals surface area contributed by atoms with Gasteiger partial charge in [0.05, 0.1) is 25.3 Å². The van der Waals surface area contributed by atoms with Crippen LogP contribution >= 0.6 is 0 Å². The minimum atomic E-state index is -0.548. The molecular formula is C29H36N4O7. The van der Waals surface area contributed by atoms with Gasteiger partial charge in [0.25, 0.3) is 0 Å². The van der Waals surface area contributed by atoms with Crippen molar-refractivity contribution in [2.24, 2.45) is 0 Å². The number of carbonyl (C=O) groups excluding carboxylic acids is 4. The number of rotatable bonds is 12. The van der Waals surface area contributed by atoms with Gasteiger partial charge in [0, 0.05) is 36.4 Å². The molecule has 3 aromatic rings. The van der Waals surface area contributed by atoms with E-state index in [9.17, 15) is 19.2 Å². The molecule has 11 heteroatoms. The second-order valence-electron chi connectivity index (χ2n) is 10.7. The topological polar surface area (TPSA) is 138 Å². The van der Waals surface area contributed by atoms with Crippen molar-refractivity contribution < 1.29 is 33.4 Å². The molecule has 4 rings (SSSR count). The number of amides is 3. The Hall–Kier alpha value is -3.83. The molecule has 1 unspecified atom stereocenters. The van der Waals surface area contributed by atoms with Crippen molar-refractivity contribution in [3.63, 3.8) is 0 Å². The first-order chi connectivity index (χ1) is 19.1. The first-order valence-electron chi connectivity index (χ1n) is 13.5. The fourth-order valence-corrected chi connectivity index (χ4v) is 4.62. The van der Waals surface area contributed by atoms with E-state index in [1.165, 1.54) is 0 Å². The molecule has 1 fully saturated rings. The standard InChI is InChI=1S/C29H36N4O7/c1-29(2,3)40-28(37)31-13-14-38-15-16-39-18-20(34)8-6-19-7-9-23-22(17-19)21-5-4-12-30-26(21)33(23)24-10-11-25(35)32-27(24)36/h4-5,7,9,12,17,24H,6,8,10-11,13-16,18H2,1-3H3,(H,31,37)(H,32,35,36). The summed E-state index contributed by atoms with van der Waals surface area (Å²) >= 11 is 0. The van der Waals surface area contributed by atoms with Gasteiger partial charge in [-0.2, -0.15) is 0 Å². The number of ether oxygens (including phenoxy) is 3. The SMILES string of the molecule is CC(C)(C)OC(=O)NCCOCCOCC(=O)CCc1ccc2c(c1)c1cccnc1n2C1CCC(=O)NC1=O. The Morgan fingerprint density at radius 1 is 1.10 bits per heavy atom. The number of Topliss-reactive ketones (excluding diaryl/α,β-unsaturated/α-hetero) is 1. The van der Waals surface area contributed by atoms with Crippen LogP contribution in [0.15, 0.2) is 36.5 Å². The molecule has 0 spiro atoms. The van der Waals surface area contributed by atoms with Crippen LogP contribution in [0.25, 0.3) is 21.9 Å². The predicted octanol–water partition coefficient (Wildman–Crippen LogP) is 3.23. The van der Waals surface area contributed by atoms with E-state index in [4.69, 9.17) is 14.2 Å². The molecule has 1 aliphatic heterocycles. The summed E-state index contributed by atoms with van der Waals surface area (Å²) in [6, 6.07) is 9.25. The maximum absolute atomic E-state index is 12.6. The van der Waals surface area contributed by atoms with Crippen LogP contribution in [0.5, 0.6) is 0 Å². The molecule has 2 aromatic heterocycles. The number of hydrogen-bond donors (Lipinski definition) is 2. The van der Waals surface area contributed by atoms with E-state index in [0.29, 0.717) is 44.7 Å². The van der Waals surface area contributed by atoms with Crippen LogP contribution in [0, 0.1) is 0 Å². The summed E-state index contributed by atoms with van der Waals surface area (Å²) in [4.78, 5) is 52.8. The highest BCUT2D eigenvalue weighted by Gasteiger charge is 2.30. The van der Waals surface area contributed by atoms with Crippen LogP contribution in [-0.4, -0.2) is 71.8 Å². The summed E-state index contributed by atoms with van der Waals surface area (Å²) < 4.78 is 17.9. The lowest BCUT2D eigenvalue weighted by Crippen LogP contribution is -2.41. The van der Waals surface area contributed by atoms with Crippen LogP contribution in [0.2, 0.25) is 0 Å². The van der Waals surface area contributed by atoms with E-state index in [1.807, 2.05) is 34.9 Å². The summed E-state index contributed by atoms with van der Waals surface area (Å²) in [5.74, 6) is -0.594. The van der Waals surface area contributed by atoms with Gasteiger partial charge >= 0.3 is 6.09 Å². The highest BCUT2D eigenvalue weighted by molar-refractivity contribution is 6.09. The van der Waals surface area contributed by atoms with E-state index < -0.39 is 17.7 Å². The Labute approximate surface area is 232 Å². The summed E-state index contributed by atoms with van der Waals surface area (Å²) in [5, 5.41) is 6.91. The van der Waals surface area contributed by atoms with Crippen LogP contribution in [0.3, 0.4) is 0 Å². The maximum atomic E-state index is 12.6. The minimum absolute atomic E-state index is 0.000498. The molecule has 3 heterocycles. The van der Waals surface area contributed by atoms with Crippen molar-refractivity contribution in [2.75, 3.05) is 33.0 Å². The number of imide groups is 1. The van der Waals surface area contributed by atoms with E-state index in [1.54, 1.807) is 27.0 Å². The zero-order chi connectivity index (χ0) is 28.7. The van der Waals surface area contributed by atoms with Gasteiger partial charge in [-0.05, 0) is 63.4 Å². The molecule has 0 saturated carbocycles. The fraction of sp³-hybridized carbons (Fsp3) is 0.483. The van der Waals surface area contributed by atoms with Gasteiger partial charge < -0.3 is 24.1 Å². The third kappa shape index (κ3) is 7.64. The number of carbonyl (C=O) groups is 4. The van der Waals surface area contributed by atoms with E-state index in [-0.39, 0.29) is 37.2 Å². The molecule has 0 aliphatic carbocycles. The van der Waals surface area contributed by atoms with Crippen molar-refractivity contribution in [1.29, 1.82) is 0 Å². The average Bonchev–Trinajstić information content (AvgIpc) is 3.21. The van der Waals surface area contributed by atoms with E-state index >= 15 is 0 Å². The van der Waals surface area contributed by atoms with Crippen molar-refractivity contribution in [2.45, 2.75) is 58.1 Å². The van der Waals surface area contributed by atoms with Crippen LogP contribution < -0.4 is 10.6 Å². The fourth-order valence-electron chi connectivity index (χ4n) is 4.62. The van der Waals surface area contributed by atoms with Crippen molar-refractivity contribution in [3.05, 3.63) is 42.1 Å². The van der Waals surface area contributed by atoms with Crippen LogP contribution in [0.1, 0.15) is 51.6 Å². The van der Waals surface area contributed by atoms with E-state index in [0.717, 1.165) is 21.9 Å². The molecule has 2 N–H and O–H groups in total. The number of alkyl carbamates (subject to hydrolysis) is 1. The normalized spacial score (nSPS) is 15.8. The third-order valence-corrected chi connectivity index (χ3v) is 6.39. The number of pyridine rings is 1. The zero-order valence-electron chi connectivity index (χ0n) is 23.2. The average molecular weight is 553 g/mol. The third-order valence-electron chi connectivity index (χ3n) is 6.39. The number of hydrogen-bond acceptors (Lipinski definition) is 8. The van der Waals surface area contributed by atoms with Gasteiger partial charge in [-0.25, -0.2) is 9.78 Å². The number of nitrogens with one attached hydrogen (secondary N) is 2. The Bertz CT molecular complexity index is 1390. The number of nitrogens with zero attached hydrogens (tertiary/aromatic N) is 2. The Morgan fingerprint density at radius 3 is 2.67 bits per heavy atom. The van der Waals surface area contributed by atoms with Crippen molar-refractivity contribution in [1.82, 2.24) is 20.2 Å². The molecule has 0 bridgehead atoms. The molecule has 1 saturated heterocycles. The Morgan fingerprint density at radius 2 is 1.90 bits per heavy atom. The minimum Gasteiger partial charge on any atom is -0.444 e. The molecule has 0 radical (unpaired) electrons. The highest BCUT2D eigenvalue weighted by Crippen LogP contribution is 2.34. The van der Waals surface area contributed by atoms with Gasteiger partial charge in [0.15, 0.2) is 5.78 Å². The molecule has 1 aromatic carbocycles. The zero-order valence-corrected chi connectivity index (χ0v) is 23.2. The molecule has 1 aliphatic rings. The largest absolute Gasteiger partial charge is 0.444 e. The second kappa shape index (κ2) is 13.0. The Balaban J connectivity index is 1.24. The van der Waals surface area contributed by atoms with Gasteiger partial charge in [-0.3, -0.25) is 19.7 Å². The highest BCUT2D eigenvalue weighted by atomic mass is 16.6. The van der Waals surface area contributed by atoms with Crippen molar-refractivity contribution in [3.8, 4) is 0 Å². The molecule has 40 heavy (non-hydrogen) atoms. The Kier molecular flexibility index (Phi) is 9.49. The first kappa shape index (κ1) is 29.2. The summed E-state index contributed by atoms with van der Waals surface area (Å²) in [5.41, 5.74) is 2.00. The van der Waals surface area contributed by atoms with Gasteiger partial charge in [0.1, 0.15) is 23.9 Å². The van der Waals surface area contributed by atoms with E-state index in [2.05, 4.69) is 15.6 Å². The second-order valence-corrected chi connectivity index (χ2v) is 10.7. The lowest BCUT2D eigenvalue weighted by Gasteiger charge is -2.23. The monoisotopic (exact) mass is 552 g/mol. The number of benzene rings is 1. The molecule has 214 valence electrons. The number of ketones is 1. The molecular weight excluding hydrogens is 516 g/mol. The lowest BCUT2D eigenvalue weighted by atomic mass is 10.0. The van der Waals surface area contributed by atoms with Gasteiger partial charge in [0.2, 0.25) is 11.8 Å². The van der Waals surface area contributed by atoms with Crippen LogP contribution in [0.4, 0.5) is 4.79 Å². The summed E-state index contributed by atoms with van der Waals surface area (Å²) in [6.45, 7) is 6.60. The maximum Gasteiger partial charge on any atom is 0.407 e. The smallest absolute Gasteiger partial charge is 0.407 e. The van der Waals surface area contributed by atoms with Gasteiger partial charge in [-0.1, -0.05) is 6.07 Å². The first-order valence-corrected chi connectivity index (χ1v) is 13.5. The molecule has 11 nitrogen and oxygen atoms in total. The number of aromatic nitrogens is 2. The van der Waals surface area contributed by atoms with Crippen LogP contribution in [-0.2, 0) is 35.0 Å². The number of aryl methyl sites for hydroxylation is 1. The quantitative estimate of drug-likeness (QED) is 0.258. The number of fused-ring (bicyclic) bond motifs is 3. The van der Waals surface area contributed by atoms with Gasteiger partial charge in [-0.15, -0.1) is 0 Å². The summed E-state index contributed by atoms with van der Waals surface area (Å²) in [6.07, 6.45) is 2.78. The molecule has 3 amide bonds. The van der Waals surface area contributed by atoms with Crippen molar-refractivity contribution >= 4 is 45.6 Å². The predicted molar refractivity (Wildman–Crippen MR) is 148 cm³/mol.